The molecule has 0 bridgehead atoms. The van der Waals surface area contributed by atoms with E-state index in [0.717, 1.165) is 6.07 Å². The average molecular weight is 447 g/mol. The molecule has 0 aliphatic rings. The van der Waals surface area contributed by atoms with Crippen LogP contribution in [0.2, 0.25) is 0 Å². The average Bonchev–Trinajstić information content (AvgIpc) is 2.54. The number of halogens is 1. The van der Waals surface area contributed by atoms with Gasteiger partial charge in [0.2, 0.25) is 0 Å². The summed E-state index contributed by atoms with van der Waals surface area (Å²) in [6.07, 6.45) is 0. The Kier molecular flexibility index (Phi) is 9.25. The molecule has 0 aromatic heterocycles. The van der Waals surface area contributed by atoms with Crippen molar-refractivity contribution in [2.24, 2.45) is 0 Å². The zero-order valence-electron chi connectivity index (χ0n) is 13.0. The number of carboxylic acid groups (broad SMARTS) is 2. The smallest absolute Gasteiger partial charge is 0.337 e. The highest BCUT2D eigenvalue weighted by molar-refractivity contribution is 14.1. The van der Waals surface area contributed by atoms with E-state index in [1.807, 2.05) is 36.4 Å². The molecule has 0 unspecified atom stereocenters. The van der Waals surface area contributed by atoms with Gasteiger partial charge in [0.1, 0.15) is 11.5 Å². The summed E-state index contributed by atoms with van der Waals surface area (Å²) in [5, 5.41) is 34.9. The molecule has 0 saturated carbocycles. The van der Waals surface area contributed by atoms with E-state index < -0.39 is 11.9 Å². The van der Waals surface area contributed by atoms with Crippen molar-refractivity contribution in [3.05, 3.63) is 51.1 Å². The number of carbonyl (C=O) groups is 2. The van der Waals surface area contributed by atoms with Crippen LogP contribution in [0.1, 0.15) is 34.6 Å². The van der Waals surface area contributed by atoms with Gasteiger partial charge in [-0.25, -0.2) is 9.59 Å². The summed E-state index contributed by atoms with van der Waals surface area (Å²) in [4.78, 5) is 20.8. The largest absolute Gasteiger partial charge is 0.508 e. The summed E-state index contributed by atoms with van der Waals surface area (Å²) in [5.74, 6) is -2.29. The van der Waals surface area contributed by atoms with Crippen LogP contribution in [0.25, 0.3) is 0 Å². The lowest BCUT2D eigenvalue weighted by molar-refractivity contribution is 0.0685. The van der Waals surface area contributed by atoms with Gasteiger partial charge in [0.15, 0.2) is 0 Å². The van der Waals surface area contributed by atoms with E-state index in [0.29, 0.717) is 3.57 Å². The van der Waals surface area contributed by atoms with Crippen LogP contribution in [-0.2, 0) is 0 Å². The van der Waals surface area contributed by atoms with E-state index in [1.54, 1.807) is 6.07 Å². The number of rotatable bonds is 2. The van der Waals surface area contributed by atoms with E-state index in [9.17, 15) is 9.59 Å². The predicted octanol–water partition coefficient (Wildman–Crippen LogP) is 3.39. The number of phenols is 2. The molecule has 2 aromatic rings. The second-order valence-corrected chi connectivity index (χ2v) is 5.21. The van der Waals surface area contributed by atoms with E-state index in [2.05, 4.69) is 0 Å². The number of nitrogens with two attached hydrogens (primary N) is 1. The Labute approximate surface area is 152 Å². The highest BCUT2D eigenvalue weighted by Crippen LogP contribution is 2.18. The lowest BCUT2D eigenvalue weighted by atomic mass is 10.2. The Morgan fingerprint density at radius 1 is 0.875 bits per heavy atom. The minimum Gasteiger partial charge on any atom is -0.508 e. The minimum atomic E-state index is -1.14. The van der Waals surface area contributed by atoms with Crippen molar-refractivity contribution in [1.82, 2.24) is 0 Å². The summed E-state index contributed by atoms with van der Waals surface area (Å²) >= 11 is 1.90. The first-order valence-electron chi connectivity index (χ1n) is 6.76. The second kappa shape index (κ2) is 10.3. The molecule has 0 fully saturated rings. The maximum atomic E-state index is 10.5. The van der Waals surface area contributed by atoms with Gasteiger partial charge in [0.25, 0.3) is 0 Å². The molecule has 0 saturated heterocycles. The molecule has 0 radical (unpaired) electrons. The van der Waals surface area contributed by atoms with Gasteiger partial charge in [0, 0.05) is 9.26 Å². The van der Waals surface area contributed by atoms with Gasteiger partial charge in [-0.15, -0.1) is 0 Å². The first kappa shape index (κ1) is 21.5. The lowest BCUT2D eigenvalue weighted by Crippen LogP contribution is -2.01. The molecule has 0 atom stereocenters. The van der Waals surface area contributed by atoms with E-state index in [1.165, 1.54) is 24.3 Å². The molecule has 130 valence electrons. The third-order valence-electron chi connectivity index (χ3n) is 2.45. The van der Waals surface area contributed by atoms with Gasteiger partial charge in [-0.05, 0) is 59.0 Å². The Morgan fingerprint density at radius 2 is 1.29 bits per heavy atom. The third-order valence-corrected chi connectivity index (χ3v) is 3.39. The number of nitrogen functional groups attached to an aromatic ring is 1. The van der Waals surface area contributed by atoms with E-state index >= 15 is 0 Å². The molecule has 0 heterocycles. The zero-order valence-corrected chi connectivity index (χ0v) is 15.2. The van der Waals surface area contributed by atoms with Crippen molar-refractivity contribution in [3.63, 3.8) is 0 Å². The topological polar surface area (TPSA) is 141 Å². The van der Waals surface area contributed by atoms with Crippen LogP contribution >= 0.6 is 22.6 Å². The molecule has 0 amide bonds. The number of hydrogen-bond donors (Lipinski definition) is 5. The third kappa shape index (κ3) is 6.73. The number of carboxylic acids is 2. The first-order chi connectivity index (χ1) is 11.2. The van der Waals surface area contributed by atoms with Crippen LogP contribution in [-0.4, -0.2) is 32.4 Å². The fraction of sp³-hybridized carbons (Fsp3) is 0.125. The monoisotopic (exact) mass is 447 g/mol. The normalized spacial score (nSPS) is 8.96. The molecule has 7 nitrogen and oxygen atoms in total. The zero-order chi connectivity index (χ0) is 18.9. The van der Waals surface area contributed by atoms with Gasteiger partial charge >= 0.3 is 11.9 Å². The highest BCUT2D eigenvalue weighted by atomic mass is 127. The maximum absolute atomic E-state index is 10.5. The molecular weight excluding hydrogens is 429 g/mol. The molecule has 8 heteroatoms. The van der Waals surface area contributed by atoms with E-state index in [4.69, 9.17) is 26.2 Å². The number of aromatic hydroxyl groups is 2. The lowest BCUT2D eigenvalue weighted by Gasteiger charge is -1.99. The van der Waals surface area contributed by atoms with Crippen molar-refractivity contribution in [3.8, 4) is 11.5 Å². The summed E-state index contributed by atoms with van der Waals surface area (Å²) in [6.45, 7) is 4.00. The quantitative estimate of drug-likeness (QED) is 0.270. The van der Waals surface area contributed by atoms with Gasteiger partial charge in [-0.2, -0.15) is 0 Å². The van der Waals surface area contributed by atoms with Crippen molar-refractivity contribution >= 4 is 40.2 Å². The van der Waals surface area contributed by atoms with Crippen molar-refractivity contribution < 1.29 is 30.0 Å². The van der Waals surface area contributed by atoms with Crippen molar-refractivity contribution in [1.29, 1.82) is 0 Å². The van der Waals surface area contributed by atoms with Gasteiger partial charge < -0.3 is 26.2 Å². The molecule has 2 rings (SSSR count). The van der Waals surface area contributed by atoms with Crippen molar-refractivity contribution in [2.45, 2.75) is 13.8 Å². The predicted molar refractivity (Wildman–Crippen MR) is 98.6 cm³/mol. The number of benzene rings is 2. The summed E-state index contributed by atoms with van der Waals surface area (Å²) in [6, 6.07) is 8.02. The molecule has 6 N–H and O–H groups in total. The van der Waals surface area contributed by atoms with Crippen LogP contribution in [0.5, 0.6) is 11.5 Å². The van der Waals surface area contributed by atoms with Crippen LogP contribution in [0.4, 0.5) is 5.69 Å². The highest BCUT2D eigenvalue weighted by Gasteiger charge is 2.08. The first-order valence-corrected chi connectivity index (χ1v) is 7.84. The Bertz CT molecular complexity index is 656. The molecular formula is C16H18INO6. The standard InChI is InChI=1S/C7H5IO3.C7H7NO3.C2H6/c2*8-6-2-1-4(9)3-5(6)7(10)11;1-2/h1-3,9H,(H,10,11);1-3,9H,8H2,(H,10,11);1-2H3. The molecule has 0 aliphatic heterocycles. The minimum absolute atomic E-state index is 0.0252. The van der Waals surface area contributed by atoms with Crippen LogP contribution in [0, 0.1) is 3.57 Å². The Balaban J connectivity index is 0.000000400. The van der Waals surface area contributed by atoms with Crippen LogP contribution < -0.4 is 5.73 Å². The van der Waals surface area contributed by atoms with E-state index in [-0.39, 0.29) is 28.3 Å². The molecule has 24 heavy (non-hydrogen) atoms. The fourth-order valence-corrected chi connectivity index (χ4v) is 1.97. The maximum Gasteiger partial charge on any atom is 0.337 e. The van der Waals surface area contributed by atoms with Gasteiger partial charge in [-0.1, -0.05) is 13.8 Å². The second-order valence-electron chi connectivity index (χ2n) is 4.05. The Hall–Kier alpha value is -2.49. The molecule has 0 spiro atoms. The Morgan fingerprint density at radius 3 is 1.67 bits per heavy atom. The van der Waals surface area contributed by atoms with Gasteiger partial charge in [-0.3, -0.25) is 0 Å². The number of phenolic OH excluding ortho intramolecular Hbond substituents is 2. The van der Waals surface area contributed by atoms with Crippen molar-refractivity contribution in [2.75, 3.05) is 5.73 Å². The molecule has 2 aromatic carbocycles. The SMILES string of the molecule is CC.Nc1ccc(O)cc1C(=O)O.O=C(O)c1cc(O)ccc1I. The van der Waals surface area contributed by atoms with Crippen LogP contribution in [0.3, 0.4) is 0 Å². The summed E-state index contributed by atoms with van der Waals surface area (Å²) < 4.78 is 0.618. The number of aromatic carboxylic acids is 2. The summed E-state index contributed by atoms with van der Waals surface area (Å²) in [5.41, 5.74) is 5.50. The van der Waals surface area contributed by atoms with Crippen LogP contribution in [0.15, 0.2) is 36.4 Å². The van der Waals surface area contributed by atoms with Gasteiger partial charge in [0.05, 0.1) is 11.1 Å². The number of hydrogen-bond acceptors (Lipinski definition) is 5. The summed E-state index contributed by atoms with van der Waals surface area (Å²) in [7, 11) is 0. The fourth-order valence-electron chi connectivity index (χ4n) is 1.41. The molecule has 0 aliphatic carbocycles. The number of anilines is 1.